The van der Waals surface area contributed by atoms with Crippen LogP contribution in [0.2, 0.25) is 0 Å². The van der Waals surface area contributed by atoms with Gasteiger partial charge in [-0.05, 0) is 30.0 Å². The van der Waals surface area contributed by atoms with E-state index in [9.17, 15) is 13.2 Å². The Morgan fingerprint density at radius 2 is 2.05 bits per heavy atom. The number of ketones is 1. The second-order valence-electron chi connectivity index (χ2n) is 5.80. The van der Waals surface area contributed by atoms with Crippen LogP contribution in [0.15, 0.2) is 40.3 Å². The maximum absolute atomic E-state index is 12.8. The third-order valence-corrected chi connectivity index (χ3v) is 6.59. The summed E-state index contributed by atoms with van der Waals surface area (Å²) in [5, 5.41) is 3.15. The predicted molar refractivity (Wildman–Crippen MR) is 78.4 cm³/mol. The molecule has 1 aromatic rings. The highest BCUT2D eigenvalue weighted by Gasteiger charge is 2.40. The summed E-state index contributed by atoms with van der Waals surface area (Å²) in [5.74, 6) is 0.406. The fourth-order valence-electron chi connectivity index (χ4n) is 3.54. The maximum Gasteiger partial charge on any atom is 0.245 e. The minimum atomic E-state index is -3.51. The summed E-state index contributed by atoms with van der Waals surface area (Å²) in [6.07, 6.45) is 1.29. The Labute approximate surface area is 123 Å². The SMILES string of the molecule is O=C1C[C@H]2CCN3CC2=C1CNc1ccccc1S3(=O)=O. The number of hydrogen-bond acceptors (Lipinski definition) is 4. The van der Waals surface area contributed by atoms with Gasteiger partial charge in [-0.2, -0.15) is 4.31 Å². The molecular formula is C15H16N2O3S. The van der Waals surface area contributed by atoms with E-state index in [1.807, 2.05) is 0 Å². The van der Waals surface area contributed by atoms with Gasteiger partial charge in [-0.3, -0.25) is 4.79 Å². The highest BCUT2D eigenvalue weighted by atomic mass is 32.2. The molecule has 2 bridgehead atoms. The van der Waals surface area contributed by atoms with Crippen LogP contribution in [0.3, 0.4) is 0 Å². The van der Waals surface area contributed by atoms with Crippen molar-refractivity contribution in [1.82, 2.24) is 4.31 Å². The molecule has 6 heteroatoms. The topological polar surface area (TPSA) is 66.5 Å². The summed E-state index contributed by atoms with van der Waals surface area (Å²) in [5.41, 5.74) is 2.39. The molecule has 0 radical (unpaired) electrons. The number of nitrogens with one attached hydrogen (secondary N) is 1. The standard InChI is InChI=1S/C15H16N2O3S/c18-14-7-10-5-6-17-9-12(10)11(14)8-16-13-3-1-2-4-15(13)21(17,19)20/h1-4,10,16H,5-9H2/t10-/m1/s1. The van der Waals surface area contributed by atoms with E-state index in [1.165, 1.54) is 4.31 Å². The van der Waals surface area contributed by atoms with Crippen molar-refractivity contribution in [2.45, 2.75) is 17.7 Å². The van der Waals surface area contributed by atoms with Gasteiger partial charge in [0.15, 0.2) is 5.78 Å². The normalized spacial score (nSPS) is 30.0. The minimum Gasteiger partial charge on any atom is -0.380 e. The van der Waals surface area contributed by atoms with Crippen LogP contribution in [0, 0.1) is 5.92 Å². The van der Waals surface area contributed by atoms with Crippen molar-refractivity contribution in [2.75, 3.05) is 25.0 Å². The first-order valence-corrected chi connectivity index (χ1v) is 8.59. The minimum absolute atomic E-state index is 0.168. The van der Waals surface area contributed by atoms with Crippen molar-refractivity contribution in [3.63, 3.8) is 0 Å². The van der Waals surface area contributed by atoms with Crippen molar-refractivity contribution in [1.29, 1.82) is 0 Å². The number of para-hydroxylation sites is 1. The molecule has 110 valence electrons. The first-order valence-electron chi connectivity index (χ1n) is 7.15. The van der Waals surface area contributed by atoms with E-state index in [2.05, 4.69) is 5.32 Å². The third-order valence-electron chi connectivity index (χ3n) is 4.68. The number of hydrogen-bond donors (Lipinski definition) is 1. The zero-order valence-corrected chi connectivity index (χ0v) is 12.3. The number of sulfonamides is 1. The van der Waals surface area contributed by atoms with Gasteiger partial charge >= 0.3 is 0 Å². The first-order chi connectivity index (χ1) is 10.1. The molecule has 2 heterocycles. The molecular weight excluding hydrogens is 288 g/mol. The summed E-state index contributed by atoms with van der Waals surface area (Å²) >= 11 is 0. The van der Waals surface area contributed by atoms with Crippen molar-refractivity contribution in [2.24, 2.45) is 5.92 Å². The predicted octanol–water partition coefficient (Wildman–Crippen LogP) is 1.39. The van der Waals surface area contributed by atoms with Crippen LogP contribution in [-0.4, -0.2) is 38.1 Å². The molecule has 1 saturated heterocycles. The second-order valence-corrected chi connectivity index (χ2v) is 7.71. The summed E-state index contributed by atoms with van der Waals surface area (Å²) in [6, 6.07) is 6.92. The van der Waals surface area contributed by atoms with E-state index in [1.54, 1.807) is 24.3 Å². The van der Waals surface area contributed by atoms with Gasteiger partial charge in [0.1, 0.15) is 4.90 Å². The summed E-state index contributed by atoms with van der Waals surface area (Å²) in [6.45, 7) is 1.28. The molecule has 0 spiro atoms. The molecule has 2 aliphatic heterocycles. The van der Waals surface area contributed by atoms with Crippen LogP contribution < -0.4 is 5.32 Å². The number of Topliss-reactive ketones (excluding diaryl/α,β-unsaturated/α-hetero) is 1. The molecule has 2 atom stereocenters. The number of carbonyl (C=O) groups excluding carboxylic acids is 1. The number of rotatable bonds is 0. The summed E-state index contributed by atoms with van der Waals surface area (Å²) in [7, 11) is -3.51. The lowest BCUT2D eigenvalue weighted by atomic mass is 9.94. The molecule has 5 nitrogen and oxygen atoms in total. The smallest absolute Gasteiger partial charge is 0.245 e. The van der Waals surface area contributed by atoms with Crippen molar-refractivity contribution < 1.29 is 13.2 Å². The lowest BCUT2D eigenvalue weighted by Crippen LogP contribution is -2.39. The molecule has 1 unspecified atom stereocenters. The van der Waals surface area contributed by atoms with Gasteiger partial charge in [-0.15, -0.1) is 0 Å². The average Bonchev–Trinajstić information content (AvgIpc) is 2.80. The molecule has 21 heavy (non-hydrogen) atoms. The lowest BCUT2D eigenvalue weighted by Gasteiger charge is -2.31. The molecule has 4 rings (SSSR count). The van der Waals surface area contributed by atoms with Crippen LogP contribution in [0.1, 0.15) is 12.8 Å². The molecule has 0 aromatic heterocycles. The summed E-state index contributed by atoms with van der Waals surface area (Å²) in [4.78, 5) is 12.5. The average molecular weight is 304 g/mol. The van der Waals surface area contributed by atoms with Gasteiger partial charge in [-0.25, -0.2) is 8.42 Å². The number of anilines is 1. The fourth-order valence-corrected chi connectivity index (χ4v) is 5.14. The van der Waals surface area contributed by atoms with Gasteiger partial charge in [0.2, 0.25) is 10.0 Å². The highest BCUT2D eigenvalue weighted by molar-refractivity contribution is 7.89. The molecule has 1 aromatic carbocycles. The van der Waals surface area contributed by atoms with Crippen molar-refractivity contribution in [3.8, 4) is 0 Å². The van der Waals surface area contributed by atoms with Crippen LogP contribution in [0.4, 0.5) is 5.69 Å². The Kier molecular flexibility index (Phi) is 2.74. The van der Waals surface area contributed by atoms with Gasteiger partial charge in [0.05, 0.1) is 5.69 Å². The molecule has 3 aliphatic rings. The molecule has 1 fully saturated rings. The maximum atomic E-state index is 12.8. The third kappa shape index (κ3) is 1.86. The monoisotopic (exact) mass is 304 g/mol. The van der Waals surface area contributed by atoms with E-state index in [0.717, 1.165) is 17.6 Å². The quantitative estimate of drug-likeness (QED) is 0.786. The zero-order valence-electron chi connectivity index (χ0n) is 11.5. The van der Waals surface area contributed by atoms with E-state index < -0.39 is 10.0 Å². The number of benzene rings is 1. The molecule has 0 amide bonds. The number of piperidine rings is 1. The van der Waals surface area contributed by atoms with Crippen LogP contribution in [0.5, 0.6) is 0 Å². The molecule has 1 aliphatic carbocycles. The Morgan fingerprint density at radius 3 is 2.90 bits per heavy atom. The Balaban J connectivity index is 1.90. The van der Waals surface area contributed by atoms with Crippen molar-refractivity contribution in [3.05, 3.63) is 35.4 Å². The van der Waals surface area contributed by atoms with E-state index in [-0.39, 0.29) is 11.7 Å². The zero-order chi connectivity index (χ0) is 14.6. The van der Waals surface area contributed by atoms with E-state index in [4.69, 9.17) is 0 Å². The van der Waals surface area contributed by atoms with Crippen molar-refractivity contribution >= 4 is 21.5 Å². The molecule has 0 saturated carbocycles. The van der Waals surface area contributed by atoms with E-state index in [0.29, 0.717) is 36.6 Å². The van der Waals surface area contributed by atoms with Crippen LogP contribution in [-0.2, 0) is 14.8 Å². The Bertz CT molecular complexity index is 767. The highest BCUT2D eigenvalue weighted by Crippen LogP contribution is 2.39. The summed E-state index contributed by atoms with van der Waals surface area (Å²) < 4.78 is 27.2. The van der Waals surface area contributed by atoms with Gasteiger partial charge in [-0.1, -0.05) is 12.1 Å². The number of fused-ring (bicyclic) bond motifs is 2. The Hall–Kier alpha value is -1.66. The lowest BCUT2D eigenvalue weighted by molar-refractivity contribution is -0.115. The van der Waals surface area contributed by atoms with Gasteiger partial charge in [0.25, 0.3) is 0 Å². The van der Waals surface area contributed by atoms with Crippen LogP contribution in [0.25, 0.3) is 0 Å². The van der Waals surface area contributed by atoms with Gasteiger partial charge in [0, 0.05) is 31.6 Å². The fraction of sp³-hybridized carbons (Fsp3) is 0.400. The number of carbonyl (C=O) groups is 1. The largest absolute Gasteiger partial charge is 0.380 e. The first kappa shape index (κ1) is 13.0. The van der Waals surface area contributed by atoms with Gasteiger partial charge < -0.3 is 5.32 Å². The Morgan fingerprint density at radius 1 is 1.24 bits per heavy atom. The van der Waals surface area contributed by atoms with Crippen LogP contribution >= 0.6 is 0 Å². The molecule has 1 N–H and O–H groups in total. The second kappa shape index (κ2) is 4.42. The number of nitrogens with zero attached hydrogens (tertiary/aromatic N) is 1. The van der Waals surface area contributed by atoms with E-state index >= 15 is 0 Å².